The smallest absolute Gasteiger partial charge is 0.240 e. The van der Waals surface area contributed by atoms with Gasteiger partial charge in [0.1, 0.15) is 6.54 Å². The van der Waals surface area contributed by atoms with Gasteiger partial charge in [0.25, 0.3) is 0 Å². The Hall–Kier alpha value is -1.88. The Morgan fingerprint density at radius 3 is 2.32 bits per heavy atom. The number of carbonyl (C=O) groups excluding carboxylic acids is 2. The molecule has 0 aliphatic rings. The van der Waals surface area contributed by atoms with Gasteiger partial charge in [0.15, 0.2) is 0 Å². The van der Waals surface area contributed by atoms with Crippen LogP contribution in [-0.4, -0.2) is 50.4 Å². The van der Waals surface area contributed by atoms with Crippen molar-refractivity contribution in [2.45, 2.75) is 6.92 Å². The second-order valence-corrected chi connectivity index (χ2v) is 4.59. The highest BCUT2D eigenvalue weighted by atomic mass is 16.2. The van der Waals surface area contributed by atoms with E-state index in [4.69, 9.17) is 0 Å². The van der Waals surface area contributed by atoms with Crippen molar-refractivity contribution in [1.29, 1.82) is 0 Å². The van der Waals surface area contributed by atoms with Crippen molar-refractivity contribution in [3.8, 4) is 0 Å². The lowest BCUT2D eigenvalue weighted by Crippen LogP contribution is -2.41. The number of hydrogen-bond donors (Lipinski definition) is 1. The quantitative estimate of drug-likeness (QED) is 0.822. The Morgan fingerprint density at radius 2 is 1.79 bits per heavy atom. The summed E-state index contributed by atoms with van der Waals surface area (Å²) < 4.78 is 0. The van der Waals surface area contributed by atoms with Crippen molar-refractivity contribution in [2.75, 3.05) is 38.6 Å². The standard InChI is InChI=1S/C14H21N3O2/c1-12(18)17(13-7-5-4-6-8-13)11-14(19)15-9-10-16(2)3/h4-8H,9-11H2,1-3H3,(H,15,19). The average Bonchev–Trinajstić information content (AvgIpc) is 2.36. The van der Waals surface area contributed by atoms with E-state index in [1.54, 1.807) is 0 Å². The monoisotopic (exact) mass is 263 g/mol. The molecule has 104 valence electrons. The molecule has 0 aromatic heterocycles. The molecule has 0 aliphatic carbocycles. The number of benzene rings is 1. The Morgan fingerprint density at radius 1 is 1.16 bits per heavy atom. The molecule has 5 nitrogen and oxygen atoms in total. The topological polar surface area (TPSA) is 52.7 Å². The van der Waals surface area contributed by atoms with E-state index >= 15 is 0 Å². The third-order valence-electron chi connectivity index (χ3n) is 2.63. The van der Waals surface area contributed by atoms with Crippen molar-refractivity contribution in [3.63, 3.8) is 0 Å². The number of anilines is 1. The number of nitrogens with zero attached hydrogens (tertiary/aromatic N) is 2. The summed E-state index contributed by atoms with van der Waals surface area (Å²) in [5, 5.41) is 2.79. The minimum Gasteiger partial charge on any atom is -0.353 e. The van der Waals surface area contributed by atoms with Crippen LogP contribution in [0.1, 0.15) is 6.92 Å². The zero-order valence-electron chi connectivity index (χ0n) is 11.7. The van der Waals surface area contributed by atoms with Crippen molar-refractivity contribution >= 4 is 17.5 Å². The molecule has 0 saturated carbocycles. The summed E-state index contributed by atoms with van der Waals surface area (Å²) in [6.07, 6.45) is 0. The highest BCUT2D eigenvalue weighted by Gasteiger charge is 2.14. The first kappa shape index (κ1) is 15.2. The zero-order valence-corrected chi connectivity index (χ0v) is 11.7. The Balaban J connectivity index is 2.55. The largest absolute Gasteiger partial charge is 0.353 e. The summed E-state index contributed by atoms with van der Waals surface area (Å²) in [4.78, 5) is 26.8. The molecule has 0 fully saturated rings. The maximum absolute atomic E-state index is 11.8. The van der Waals surface area contributed by atoms with Gasteiger partial charge in [-0.1, -0.05) is 18.2 Å². The van der Waals surface area contributed by atoms with Gasteiger partial charge in [-0.25, -0.2) is 0 Å². The summed E-state index contributed by atoms with van der Waals surface area (Å²) in [6.45, 7) is 2.86. The van der Waals surface area contributed by atoms with Gasteiger partial charge in [-0.2, -0.15) is 0 Å². The number of rotatable bonds is 6. The molecule has 1 rings (SSSR count). The van der Waals surface area contributed by atoms with Crippen LogP contribution in [0.15, 0.2) is 30.3 Å². The van der Waals surface area contributed by atoms with Gasteiger partial charge < -0.3 is 15.1 Å². The second kappa shape index (κ2) is 7.53. The molecule has 1 aromatic carbocycles. The number of para-hydroxylation sites is 1. The van der Waals surface area contributed by atoms with Crippen LogP contribution < -0.4 is 10.2 Å². The van der Waals surface area contributed by atoms with Crippen LogP contribution in [-0.2, 0) is 9.59 Å². The van der Waals surface area contributed by atoms with E-state index in [1.807, 2.05) is 49.3 Å². The summed E-state index contributed by atoms with van der Waals surface area (Å²) in [6, 6.07) is 9.19. The van der Waals surface area contributed by atoms with Crippen LogP contribution in [0.4, 0.5) is 5.69 Å². The predicted molar refractivity (Wildman–Crippen MR) is 76.0 cm³/mol. The molecule has 0 saturated heterocycles. The Bertz CT molecular complexity index is 418. The normalized spacial score (nSPS) is 10.3. The lowest BCUT2D eigenvalue weighted by atomic mass is 10.3. The summed E-state index contributed by atoms with van der Waals surface area (Å²) in [5.41, 5.74) is 0.734. The van der Waals surface area contributed by atoms with Gasteiger partial charge in [0.05, 0.1) is 0 Å². The van der Waals surface area contributed by atoms with Gasteiger partial charge in [-0.05, 0) is 26.2 Å². The second-order valence-electron chi connectivity index (χ2n) is 4.59. The lowest BCUT2D eigenvalue weighted by molar-refractivity contribution is -0.123. The molecule has 5 heteroatoms. The third kappa shape index (κ3) is 5.52. The van der Waals surface area contributed by atoms with E-state index in [-0.39, 0.29) is 18.4 Å². The lowest BCUT2D eigenvalue weighted by Gasteiger charge is -2.20. The van der Waals surface area contributed by atoms with E-state index in [2.05, 4.69) is 5.32 Å². The average molecular weight is 263 g/mol. The highest BCUT2D eigenvalue weighted by Crippen LogP contribution is 2.12. The molecule has 0 atom stereocenters. The molecule has 0 aliphatic heterocycles. The first-order valence-corrected chi connectivity index (χ1v) is 6.25. The maximum atomic E-state index is 11.8. The molecule has 0 radical (unpaired) electrons. The minimum absolute atomic E-state index is 0.0484. The summed E-state index contributed by atoms with van der Waals surface area (Å²) in [5.74, 6) is -0.296. The fourth-order valence-corrected chi connectivity index (χ4v) is 1.61. The number of carbonyl (C=O) groups is 2. The fraction of sp³-hybridized carbons (Fsp3) is 0.429. The summed E-state index contributed by atoms with van der Waals surface area (Å²) >= 11 is 0. The molecule has 1 aromatic rings. The van der Waals surface area contributed by atoms with E-state index in [1.165, 1.54) is 11.8 Å². The molecule has 0 unspecified atom stereocenters. The third-order valence-corrected chi connectivity index (χ3v) is 2.63. The Kier molecular flexibility index (Phi) is 6.02. The van der Waals surface area contributed by atoms with Crippen LogP contribution in [0, 0.1) is 0 Å². The van der Waals surface area contributed by atoms with Crippen molar-refractivity contribution in [2.24, 2.45) is 0 Å². The molecule has 1 N–H and O–H groups in total. The van der Waals surface area contributed by atoms with Crippen LogP contribution in [0.5, 0.6) is 0 Å². The molecule has 0 spiro atoms. The van der Waals surface area contributed by atoms with Gasteiger partial charge in [-0.3, -0.25) is 9.59 Å². The van der Waals surface area contributed by atoms with E-state index in [0.29, 0.717) is 6.54 Å². The number of nitrogens with one attached hydrogen (secondary N) is 1. The van der Waals surface area contributed by atoms with E-state index in [9.17, 15) is 9.59 Å². The predicted octanol–water partition coefficient (Wildman–Crippen LogP) is 0.717. The van der Waals surface area contributed by atoms with Gasteiger partial charge in [0.2, 0.25) is 11.8 Å². The van der Waals surface area contributed by atoms with Crippen molar-refractivity contribution in [1.82, 2.24) is 10.2 Å². The Labute approximate surface area is 114 Å². The molecule has 0 heterocycles. The fourth-order valence-electron chi connectivity index (χ4n) is 1.61. The SMILES string of the molecule is CC(=O)N(CC(=O)NCCN(C)C)c1ccccc1. The molecule has 19 heavy (non-hydrogen) atoms. The van der Waals surface area contributed by atoms with E-state index < -0.39 is 0 Å². The summed E-state index contributed by atoms with van der Waals surface area (Å²) in [7, 11) is 3.88. The van der Waals surface area contributed by atoms with Crippen molar-refractivity contribution in [3.05, 3.63) is 30.3 Å². The van der Waals surface area contributed by atoms with Crippen LogP contribution in [0.3, 0.4) is 0 Å². The van der Waals surface area contributed by atoms with E-state index in [0.717, 1.165) is 12.2 Å². The van der Waals surface area contributed by atoms with Gasteiger partial charge in [0, 0.05) is 25.7 Å². The van der Waals surface area contributed by atoms with Gasteiger partial charge in [-0.15, -0.1) is 0 Å². The number of amides is 2. The van der Waals surface area contributed by atoms with Crippen LogP contribution >= 0.6 is 0 Å². The first-order valence-electron chi connectivity index (χ1n) is 6.25. The van der Waals surface area contributed by atoms with Crippen LogP contribution in [0.25, 0.3) is 0 Å². The van der Waals surface area contributed by atoms with Crippen LogP contribution in [0.2, 0.25) is 0 Å². The maximum Gasteiger partial charge on any atom is 0.240 e. The molecular formula is C14H21N3O2. The minimum atomic E-state index is -0.152. The zero-order chi connectivity index (χ0) is 14.3. The molecule has 2 amide bonds. The van der Waals surface area contributed by atoms with Gasteiger partial charge >= 0.3 is 0 Å². The molecule has 0 bridgehead atoms. The number of hydrogen-bond acceptors (Lipinski definition) is 3. The molecular weight excluding hydrogens is 242 g/mol. The number of likely N-dealkylation sites (N-methyl/N-ethyl adjacent to an activating group) is 1. The highest BCUT2D eigenvalue weighted by molar-refractivity contribution is 5.97. The first-order chi connectivity index (χ1) is 9.00. The van der Waals surface area contributed by atoms with Crippen molar-refractivity contribution < 1.29 is 9.59 Å².